The molecule has 0 aromatic heterocycles. The van der Waals surface area contributed by atoms with Gasteiger partial charge in [-0.25, -0.2) is 8.42 Å². The summed E-state index contributed by atoms with van der Waals surface area (Å²) in [5.74, 6) is 0.649. The average molecular weight is 358 g/mol. The first kappa shape index (κ1) is 16.3. The van der Waals surface area contributed by atoms with Crippen molar-refractivity contribution in [2.75, 3.05) is 35.9 Å². The SMILES string of the molecule is COc1ccc(S(=O)(=O)N2CCc3cc(N4CCCC4)ccc32)cc1. The maximum absolute atomic E-state index is 13.0. The van der Waals surface area contributed by atoms with Gasteiger partial charge in [-0.3, -0.25) is 4.31 Å². The first-order valence-electron chi connectivity index (χ1n) is 8.64. The first-order valence-corrected chi connectivity index (χ1v) is 10.1. The fourth-order valence-corrected chi connectivity index (χ4v) is 5.16. The smallest absolute Gasteiger partial charge is 0.264 e. The quantitative estimate of drug-likeness (QED) is 0.843. The van der Waals surface area contributed by atoms with Crippen molar-refractivity contribution in [2.45, 2.75) is 24.2 Å². The van der Waals surface area contributed by atoms with Crippen molar-refractivity contribution in [3.05, 3.63) is 48.0 Å². The van der Waals surface area contributed by atoms with Crippen LogP contribution in [0.4, 0.5) is 11.4 Å². The minimum absolute atomic E-state index is 0.296. The first-order chi connectivity index (χ1) is 12.1. The Bertz CT molecular complexity index is 872. The summed E-state index contributed by atoms with van der Waals surface area (Å²) in [6.45, 7) is 2.67. The van der Waals surface area contributed by atoms with Gasteiger partial charge in [0.05, 0.1) is 17.7 Å². The van der Waals surface area contributed by atoms with Crippen molar-refractivity contribution in [3.8, 4) is 5.75 Å². The Hall–Kier alpha value is -2.21. The van der Waals surface area contributed by atoms with Gasteiger partial charge in [0.2, 0.25) is 0 Å². The monoisotopic (exact) mass is 358 g/mol. The average Bonchev–Trinajstić information content (AvgIpc) is 3.31. The molecule has 0 atom stereocenters. The molecule has 6 heteroatoms. The van der Waals surface area contributed by atoms with E-state index in [2.05, 4.69) is 11.0 Å². The molecule has 2 aromatic rings. The summed E-state index contributed by atoms with van der Waals surface area (Å²) in [5.41, 5.74) is 3.13. The lowest BCUT2D eigenvalue weighted by Gasteiger charge is -2.22. The highest BCUT2D eigenvalue weighted by molar-refractivity contribution is 7.92. The molecule has 5 nitrogen and oxygen atoms in total. The van der Waals surface area contributed by atoms with Crippen molar-refractivity contribution in [1.29, 1.82) is 0 Å². The molecule has 1 fully saturated rings. The number of benzene rings is 2. The van der Waals surface area contributed by atoms with E-state index in [1.54, 1.807) is 31.4 Å². The summed E-state index contributed by atoms with van der Waals surface area (Å²) in [6.07, 6.45) is 3.22. The molecule has 1 saturated heterocycles. The van der Waals surface area contributed by atoms with Gasteiger partial charge in [0.25, 0.3) is 10.0 Å². The molecule has 2 aliphatic heterocycles. The second kappa shape index (κ2) is 6.26. The molecule has 0 amide bonds. The standard InChI is InChI=1S/C19H22N2O3S/c1-24-17-5-7-18(8-6-17)25(22,23)21-13-10-15-14-16(4-9-19(15)21)20-11-2-3-12-20/h4-9,14H,2-3,10-13H2,1H3. The third-order valence-electron chi connectivity index (χ3n) is 5.03. The molecule has 0 N–H and O–H groups in total. The van der Waals surface area contributed by atoms with E-state index in [-0.39, 0.29) is 0 Å². The summed E-state index contributed by atoms with van der Waals surface area (Å²) in [6, 6.07) is 12.7. The van der Waals surface area contributed by atoms with Gasteiger partial charge < -0.3 is 9.64 Å². The predicted molar refractivity (Wildman–Crippen MR) is 99.1 cm³/mol. The number of nitrogens with zero attached hydrogens (tertiary/aromatic N) is 2. The van der Waals surface area contributed by atoms with Gasteiger partial charge >= 0.3 is 0 Å². The molecule has 2 aliphatic rings. The number of rotatable bonds is 4. The zero-order valence-corrected chi connectivity index (χ0v) is 15.1. The number of methoxy groups -OCH3 is 1. The van der Waals surface area contributed by atoms with E-state index < -0.39 is 10.0 Å². The normalized spacial score (nSPS) is 17.0. The van der Waals surface area contributed by atoms with Crippen molar-refractivity contribution >= 4 is 21.4 Å². The fraction of sp³-hybridized carbons (Fsp3) is 0.368. The van der Waals surface area contributed by atoms with Gasteiger partial charge in [-0.05, 0) is 67.3 Å². The number of sulfonamides is 1. The number of ether oxygens (including phenoxy) is 1. The Labute approximate surface area is 148 Å². The molecular weight excluding hydrogens is 336 g/mol. The molecule has 25 heavy (non-hydrogen) atoms. The minimum Gasteiger partial charge on any atom is -0.497 e. The van der Waals surface area contributed by atoms with Crippen molar-refractivity contribution in [3.63, 3.8) is 0 Å². The van der Waals surface area contributed by atoms with Gasteiger partial charge in [0.15, 0.2) is 0 Å². The van der Waals surface area contributed by atoms with Crippen LogP contribution in [0.15, 0.2) is 47.4 Å². The van der Waals surface area contributed by atoms with E-state index in [4.69, 9.17) is 4.74 Å². The molecular formula is C19H22N2O3S. The van der Waals surface area contributed by atoms with E-state index in [0.29, 0.717) is 17.2 Å². The van der Waals surface area contributed by atoms with Crippen LogP contribution in [0.1, 0.15) is 18.4 Å². The van der Waals surface area contributed by atoms with Gasteiger partial charge in [-0.15, -0.1) is 0 Å². The summed E-state index contributed by atoms with van der Waals surface area (Å²) in [7, 11) is -1.98. The molecule has 0 spiro atoms. The summed E-state index contributed by atoms with van der Waals surface area (Å²) in [5, 5.41) is 0. The Balaban J connectivity index is 1.64. The number of hydrogen-bond donors (Lipinski definition) is 0. The summed E-state index contributed by atoms with van der Waals surface area (Å²) in [4.78, 5) is 2.67. The Morgan fingerprint density at radius 2 is 1.68 bits per heavy atom. The van der Waals surface area contributed by atoms with Crippen LogP contribution in [-0.2, 0) is 16.4 Å². The molecule has 0 bridgehead atoms. The number of fused-ring (bicyclic) bond motifs is 1. The molecule has 2 aromatic carbocycles. The molecule has 0 radical (unpaired) electrons. The van der Waals surface area contributed by atoms with E-state index in [0.717, 1.165) is 30.8 Å². The number of hydrogen-bond acceptors (Lipinski definition) is 4. The van der Waals surface area contributed by atoms with Crippen LogP contribution in [0.5, 0.6) is 5.75 Å². The third kappa shape index (κ3) is 2.84. The molecule has 0 saturated carbocycles. The van der Waals surface area contributed by atoms with E-state index in [9.17, 15) is 8.42 Å². The van der Waals surface area contributed by atoms with Crippen LogP contribution in [0, 0.1) is 0 Å². The van der Waals surface area contributed by atoms with E-state index in [1.165, 1.54) is 22.8 Å². The highest BCUT2D eigenvalue weighted by Crippen LogP contribution is 2.36. The highest BCUT2D eigenvalue weighted by Gasteiger charge is 2.31. The third-order valence-corrected chi connectivity index (χ3v) is 6.86. The van der Waals surface area contributed by atoms with Crippen molar-refractivity contribution < 1.29 is 13.2 Å². The Morgan fingerprint density at radius 1 is 0.960 bits per heavy atom. The van der Waals surface area contributed by atoms with Crippen LogP contribution in [0.2, 0.25) is 0 Å². The maximum atomic E-state index is 13.0. The minimum atomic E-state index is -3.54. The highest BCUT2D eigenvalue weighted by atomic mass is 32.2. The Kier molecular flexibility index (Phi) is 4.07. The lowest BCUT2D eigenvalue weighted by atomic mass is 10.1. The van der Waals surface area contributed by atoms with Crippen LogP contribution < -0.4 is 13.9 Å². The lowest BCUT2D eigenvalue weighted by Crippen LogP contribution is -2.29. The predicted octanol–water partition coefficient (Wildman–Crippen LogP) is 3.05. The molecule has 0 unspecified atom stereocenters. The van der Waals surface area contributed by atoms with Crippen molar-refractivity contribution in [1.82, 2.24) is 0 Å². The molecule has 0 aliphatic carbocycles. The van der Waals surface area contributed by atoms with E-state index in [1.807, 2.05) is 12.1 Å². The van der Waals surface area contributed by atoms with Crippen LogP contribution in [0.25, 0.3) is 0 Å². The molecule has 4 rings (SSSR count). The Morgan fingerprint density at radius 3 is 2.36 bits per heavy atom. The van der Waals surface area contributed by atoms with Gasteiger partial charge in [-0.2, -0.15) is 0 Å². The second-order valence-electron chi connectivity index (χ2n) is 6.51. The number of anilines is 2. The van der Waals surface area contributed by atoms with Crippen LogP contribution in [-0.4, -0.2) is 35.2 Å². The lowest BCUT2D eigenvalue weighted by molar-refractivity contribution is 0.414. The zero-order chi connectivity index (χ0) is 17.4. The fourth-order valence-electron chi connectivity index (χ4n) is 3.65. The molecule has 2 heterocycles. The second-order valence-corrected chi connectivity index (χ2v) is 8.37. The summed E-state index contributed by atoms with van der Waals surface area (Å²) < 4.78 is 32.7. The largest absolute Gasteiger partial charge is 0.497 e. The summed E-state index contributed by atoms with van der Waals surface area (Å²) >= 11 is 0. The molecule has 132 valence electrons. The van der Waals surface area contributed by atoms with Gasteiger partial charge in [-0.1, -0.05) is 0 Å². The zero-order valence-electron chi connectivity index (χ0n) is 14.3. The van der Waals surface area contributed by atoms with E-state index >= 15 is 0 Å². The van der Waals surface area contributed by atoms with Crippen LogP contribution >= 0.6 is 0 Å². The maximum Gasteiger partial charge on any atom is 0.264 e. The topological polar surface area (TPSA) is 49.9 Å². The van der Waals surface area contributed by atoms with Crippen LogP contribution in [0.3, 0.4) is 0 Å². The van der Waals surface area contributed by atoms with Crippen molar-refractivity contribution in [2.24, 2.45) is 0 Å². The van der Waals surface area contributed by atoms with Gasteiger partial charge in [0.1, 0.15) is 5.75 Å². The van der Waals surface area contributed by atoms with Gasteiger partial charge in [0, 0.05) is 25.3 Å².